The maximum Gasteiger partial charge on any atom is 0.254 e. The number of aliphatic hydroxyl groups excluding tert-OH is 2. The molecule has 0 saturated heterocycles. The minimum atomic E-state index is -3.96. The van der Waals surface area contributed by atoms with Gasteiger partial charge in [-0.2, -0.15) is 0 Å². The number of aromatic nitrogens is 1. The first-order chi connectivity index (χ1) is 14.0. The summed E-state index contributed by atoms with van der Waals surface area (Å²) in [6, 6.07) is 5.70. The third-order valence-electron chi connectivity index (χ3n) is 5.22. The van der Waals surface area contributed by atoms with Crippen molar-refractivity contribution in [3.8, 4) is 0 Å². The lowest BCUT2D eigenvalue weighted by atomic mass is 10.2. The first-order valence-electron chi connectivity index (χ1n) is 9.24. The van der Waals surface area contributed by atoms with Crippen LogP contribution in [0.3, 0.4) is 0 Å². The van der Waals surface area contributed by atoms with E-state index in [9.17, 15) is 22.7 Å². The van der Waals surface area contributed by atoms with Crippen molar-refractivity contribution in [1.82, 2.24) is 4.57 Å². The average molecular weight is 504 g/mol. The number of halogens is 2. The van der Waals surface area contributed by atoms with E-state index in [2.05, 4.69) is 26.0 Å². The molecule has 3 rings (SSSR count). The van der Waals surface area contributed by atoms with Gasteiger partial charge in [-0.05, 0) is 50.5 Å². The van der Waals surface area contributed by atoms with Gasteiger partial charge in [0.15, 0.2) is 0 Å². The molecule has 0 radical (unpaired) electrons. The average Bonchev–Trinajstić information content (AvgIpc) is 3.45. The third kappa shape index (κ3) is 4.39. The number of aryl methyl sites for hydroxylation is 1. The highest BCUT2D eigenvalue weighted by atomic mass is 79.9. The van der Waals surface area contributed by atoms with Crippen molar-refractivity contribution in [3.63, 3.8) is 0 Å². The number of nitrogens with one attached hydrogen (secondary N) is 2. The van der Waals surface area contributed by atoms with Gasteiger partial charge >= 0.3 is 0 Å². The lowest BCUT2D eigenvalue weighted by molar-refractivity contribution is 0.0858. The maximum atomic E-state index is 14.3. The topological polar surface area (TPSA) is 121 Å². The van der Waals surface area contributed by atoms with Crippen LogP contribution in [-0.4, -0.2) is 40.7 Å². The second-order valence-electron chi connectivity index (χ2n) is 7.53. The van der Waals surface area contributed by atoms with Crippen LogP contribution in [-0.2, 0) is 17.1 Å². The highest BCUT2D eigenvalue weighted by Crippen LogP contribution is 2.48. The summed E-state index contributed by atoms with van der Waals surface area (Å²) < 4.78 is 43.5. The van der Waals surface area contributed by atoms with Gasteiger partial charge in [-0.25, -0.2) is 12.8 Å². The number of hydrogen-bond donors (Lipinski definition) is 4. The highest BCUT2D eigenvalue weighted by molar-refractivity contribution is 9.10. The second kappa shape index (κ2) is 8.29. The fraction of sp³-hybridized carbons (Fsp3) is 0.421. The van der Waals surface area contributed by atoms with Crippen LogP contribution in [0, 0.1) is 12.7 Å². The van der Waals surface area contributed by atoms with E-state index >= 15 is 0 Å². The van der Waals surface area contributed by atoms with Crippen LogP contribution in [0.15, 0.2) is 33.5 Å². The summed E-state index contributed by atoms with van der Waals surface area (Å²) in [5.41, 5.74) is 0.0862. The van der Waals surface area contributed by atoms with Gasteiger partial charge in [0, 0.05) is 17.1 Å². The van der Waals surface area contributed by atoms with Gasteiger partial charge in [-0.15, -0.1) is 0 Å². The normalized spacial score (nSPS) is 16.2. The van der Waals surface area contributed by atoms with E-state index in [1.165, 1.54) is 29.8 Å². The molecular formula is C19H23BrFN3O5S. The Bertz CT molecular complexity index is 1130. The molecule has 4 N–H and O–H groups in total. The molecule has 2 aromatic rings. The van der Waals surface area contributed by atoms with Crippen molar-refractivity contribution < 1.29 is 23.0 Å². The van der Waals surface area contributed by atoms with E-state index in [1.807, 2.05) is 0 Å². The van der Waals surface area contributed by atoms with Crippen LogP contribution in [0.2, 0.25) is 0 Å². The van der Waals surface area contributed by atoms with Crippen LogP contribution >= 0.6 is 15.9 Å². The Kier molecular flexibility index (Phi) is 6.28. The Balaban J connectivity index is 2.01. The molecule has 1 aliphatic rings. The van der Waals surface area contributed by atoms with Gasteiger partial charge in [0.2, 0.25) is 10.0 Å². The van der Waals surface area contributed by atoms with Gasteiger partial charge in [0.05, 0.1) is 28.8 Å². The Morgan fingerprint density at radius 3 is 2.53 bits per heavy atom. The van der Waals surface area contributed by atoms with Gasteiger partial charge in [0.1, 0.15) is 11.6 Å². The van der Waals surface area contributed by atoms with Crippen LogP contribution < -0.4 is 15.6 Å². The molecule has 1 aliphatic carbocycles. The van der Waals surface area contributed by atoms with Crippen LogP contribution in [0.25, 0.3) is 0 Å². The van der Waals surface area contributed by atoms with Crippen molar-refractivity contribution in [1.29, 1.82) is 0 Å². The molecular weight excluding hydrogens is 481 g/mol. The molecule has 164 valence electrons. The molecule has 1 saturated carbocycles. The first kappa shape index (κ1) is 22.7. The summed E-state index contributed by atoms with van der Waals surface area (Å²) in [7, 11) is -2.51. The lowest BCUT2D eigenvalue weighted by Crippen LogP contribution is -2.35. The van der Waals surface area contributed by atoms with Crippen molar-refractivity contribution in [3.05, 3.63) is 50.5 Å². The molecule has 0 spiro atoms. The predicted octanol–water partition coefficient (Wildman–Crippen LogP) is 2.36. The zero-order valence-electron chi connectivity index (χ0n) is 16.4. The summed E-state index contributed by atoms with van der Waals surface area (Å²) >= 11 is 3.17. The molecule has 30 heavy (non-hydrogen) atoms. The Morgan fingerprint density at radius 1 is 1.30 bits per heavy atom. The second-order valence-corrected chi connectivity index (χ2v) is 10.5. The van der Waals surface area contributed by atoms with Crippen LogP contribution in [0.1, 0.15) is 24.8 Å². The lowest BCUT2D eigenvalue weighted by Gasteiger charge is -2.23. The van der Waals surface area contributed by atoms with Crippen molar-refractivity contribution >= 4 is 43.1 Å². The number of pyridine rings is 1. The van der Waals surface area contributed by atoms with Crippen molar-refractivity contribution in [2.75, 3.05) is 16.6 Å². The predicted molar refractivity (Wildman–Crippen MR) is 116 cm³/mol. The molecule has 0 aliphatic heterocycles. The summed E-state index contributed by atoms with van der Waals surface area (Å²) in [6.45, 7) is 1.01. The quantitative estimate of drug-likeness (QED) is 0.438. The number of rotatable bonds is 8. The molecule has 1 aromatic heterocycles. The summed E-state index contributed by atoms with van der Waals surface area (Å²) in [5, 5.41) is 21.6. The van der Waals surface area contributed by atoms with Gasteiger partial charge < -0.3 is 15.5 Å². The molecule has 1 fully saturated rings. The fourth-order valence-electron chi connectivity index (χ4n) is 3.31. The number of sulfonamides is 1. The number of hydrogen-bond acceptors (Lipinski definition) is 6. The molecule has 1 aromatic carbocycles. The van der Waals surface area contributed by atoms with Gasteiger partial charge in [-0.3, -0.25) is 14.1 Å². The summed E-state index contributed by atoms with van der Waals surface area (Å²) in [5.74, 6) is -0.509. The van der Waals surface area contributed by atoms with E-state index in [4.69, 9.17) is 5.11 Å². The number of nitrogens with zero attached hydrogens (tertiary/aromatic N) is 1. The molecule has 1 heterocycles. The Labute approximate surface area is 181 Å². The van der Waals surface area contributed by atoms with Gasteiger partial charge in [-0.1, -0.05) is 15.9 Å². The van der Waals surface area contributed by atoms with E-state index in [1.54, 1.807) is 13.0 Å². The van der Waals surface area contributed by atoms with E-state index in [-0.39, 0.29) is 29.2 Å². The number of aliphatic hydroxyl groups is 2. The SMILES string of the molecule is Cc1cc(NS(=O)(=O)C2(CC(O)CO)CC2)c(Nc2ccc(Br)cc2F)n(C)c1=O. The molecule has 1 unspecified atom stereocenters. The monoisotopic (exact) mass is 503 g/mol. The van der Waals surface area contributed by atoms with E-state index in [0.29, 0.717) is 22.9 Å². The fourth-order valence-corrected chi connectivity index (χ4v) is 5.36. The zero-order chi connectivity index (χ0) is 22.3. The molecule has 0 bridgehead atoms. The number of benzene rings is 1. The smallest absolute Gasteiger partial charge is 0.254 e. The Hall–Kier alpha value is -1.95. The van der Waals surface area contributed by atoms with E-state index < -0.39 is 33.3 Å². The van der Waals surface area contributed by atoms with E-state index in [0.717, 1.165) is 0 Å². The third-order valence-corrected chi connectivity index (χ3v) is 7.91. The van der Waals surface area contributed by atoms with Crippen molar-refractivity contribution in [2.24, 2.45) is 7.05 Å². The minimum absolute atomic E-state index is 0.0642. The first-order valence-corrected chi connectivity index (χ1v) is 11.5. The minimum Gasteiger partial charge on any atom is -0.394 e. The van der Waals surface area contributed by atoms with Crippen LogP contribution in [0.5, 0.6) is 0 Å². The van der Waals surface area contributed by atoms with Crippen molar-refractivity contribution in [2.45, 2.75) is 37.0 Å². The largest absolute Gasteiger partial charge is 0.394 e. The molecule has 0 amide bonds. The molecule has 8 nitrogen and oxygen atoms in total. The van der Waals surface area contributed by atoms with Gasteiger partial charge in [0.25, 0.3) is 5.56 Å². The Morgan fingerprint density at radius 2 is 1.97 bits per heavy atom. The maximum absolute atomic E-state index is 14.3. The highest BCUT2D eigenvalue weighted by Gasteiger charge is 2.55. The van der Waals surface area contributed by atoms with Crippen LogP contribution in [0.4, 0.5) is 21.6 Å². The standard InChI is InChI=1S/C19H23BrFN3O5S/c1-11-7-16(23-30(28,29)19(5-6-19)9-13(26)10-25)17(24(2)18(11)27)22-15-4-3-12(20)8-14(15)21/h3-4,7-8,13,22-23,25-26H,5-6,9-10H2,1-2H3. The molecule has 1 atom stereocenters. The molecule has 11 heteroatoms. The summed E-state index contributed by atoms with van der Waals surface area (Å²) in [4.78, 5) is 12.4. The summed E-state index contributed by atoms with van der Waals surface area (Å²) in [6.07, 6.45) is -0.573. The zero-order valence-corrected chi connectivity index (χ0v) is 18.8. The number of anilines is 3.